The molecule has 0 amide bonds. The zero-order valence-corrected chi connectivity index (χ0v) is 29.6. The van der Waals surface area contributed by atoms with Crippen molar-refractivity contribution in [2.45, 2.75) is 0 Å². The number of anilines is 3. The lowest BCUT2D eigenvalue weighted by atomic mass is 9.94. The minimum atomic E-state index is -0.151. The molecule has 0 aliphatic rings. The van der Waals surface area contributed by atoms with Crippen molar-refractivity contribution in [3.05, 3.63) is 206 Å². The monoisotopic (exact) mass is 706 g/mol. The van der Waals surface area contributed by atoms with Gasteiger partial charge in [0.15, 0.2) is 0 Å². The smallest absolute Gasteiger partial charge is 0.143 e. The number of nitrogens with zero attached hydrogens (tertiary/aromatic N) is 2. The SMILES string of the molecule is [2H]c1c([2H])c(-n2c3ccccc3c3ccccc32)c([2H])c([2H])c1N(c1ccc(-c2ccccc2)cc1)c1ccccc1-c1cccc2ccc3c4ccccc4oc3c12. The summed E-state index contributed by atoms with van der Waals surface area (Å²) in [7, 11) is 0. The summed E-state index contributed by atoms with van der Waals surface area (Å²) in [4.78, 5) is 1.89. The molecular formula is C52H34N2O. The van der Waals surface area contributed by atoms with Gasteiger partial charge in [-0.1, -0.05) is 140 Å². The van der Waals surface area contributed by atoms with Crippen LogP contribution in [0.1, 0.15) is 5.48 Å². The molecule has 0 aliphatic heterocycles. The highest BCUT2D eigenvalue weighted by Crippen LogP contribution is 2.46. The normalized spacial score (nSPS) is 12.7. The Morgan fingerprint density at radius 1 is 0.436 bits per heavy atom. The van der Waals surface area contributed by atoms with Crippen LogP contribution in [0, 0.1) is 0 Å². The van der Waals surface area contributed by atoms with Gasteiger partial charge in [0.05, 0.1) is 22.2 Å². The van der Waals surface area contributed by atoms with Crippen molar-refractivity contribution < 1.29 is 9.90 Å². The number of rotatable bonds is 6. The van der Waals surface area contributed by atoms with Gasteiger partial charge in [0.1, 0.15) is 11.2 Å². The summed E-state index contributed by atoms with van der Waals surface area (Å²) >= 11 is 0. The van der Waals surface area contributed by atoms with Gasteiger partial charge in [-0.05, 0) is 88.7 Å². The van der Waals surface area contributed by atoms with E-state index in [1.807, 2.05) is 143 Å². The fraction of sp³-hybridized carbons (Fsp3) is 0. The molecule has 0 spiro atoms. The maximum atomic E-state index is 9.81. The van der Waals surface area contributed by atoms with Crippen LogP contribution in [0.4, 0.5) is 17.1 Å². The molecule has 3 heteroatoms. The van der Waals surface area contributed by atoms with Crippen molar-refractivity contribution >= 4 is 71.6 Å². The summed E-state index contributed by atoms with van der Waals surface area (Å²) in [6.45, 7) is 0. The lowest BCUT2D eigenvalue weighted by molar-refractivity contribution is 0.673. The molecule has 0 saturated heterocycles. The Morgan fingerprint density at radius 3 is 1.82 bits per heavy atom. The van der Waals surface area contributed by atoms with Crippen LogP contribution < -0.4 is 4.90 Å². The van der Waals surface area contributed by atoms with Crippen molar-refractivity contribution in [3.63, 3.8) is 0 Å². The summed E-state index contributed by atoms with van der Waals surface area (Å²) in [6, 6.07) is 60.0. The highest BCUT2D eigenvalue weighted by atomic mass is 16.3. The fourth-order valence-electron chi connectivity index (χ4n) is 8.18. The second-order valence-corrected chi connectivity index (χ2v) is 13.8. The molecule has 55 heavy (non-hydrogen) atoms. The van der Waals surface area contributed by atoms with Crippen LogP contribution in [-0.2, 0) is 0 Å². The Balaban J connectivity index is 1.19. The molecule has 9 aromatic carbocycles. The lowest BCUT2D eigenvalue weighted by Gasteiger charge is -2.28. The average Bonchev–Trinajstić information content (AvgIpc) is 3.84. The zero-order chi connectivity index (χ0) is 39.8. The first-order chi connectivity index (χ1) is 29.0. The summed E-state index contributed by atoms with van der Waals surface area (Å²) < 4.78 is 47.5. The number of furan rings is 1. The molecule has 2 aromatic heterocycles. The third kappa shape index (κ3) is 5.05. The number of para-hydroxylation sites is 4. The minimum Gasteiger partial charge on any atom is -0.455 e. The van der Waals surface area contributed by atoms with Crippen LogP contribution in [0.2, 0.25) is 0 Å². The topological polar surface area (TPSA) is 21.3 Å². The first-order valence-corrected chi connectivity index (χ1v) is 18.4. The lowest BCUT2D eigenvalue weighted by Crippen LogP contribution is -2.11. The van der Waals surface area contributed by atoms with E-state index in [4.69, 9.17) is 4.42 Å². The van der Waals surface area contributed by atoms with E-state index in [2.05, 4.69) is 48.5 Å². The van der Waals surface area contributed by atoms with Gasteiger partial charge in [0.25, 0.3) is 0 Å². The highest BCUT2D eigenvalue weighted by molar-refractivity contribution is 6.19. The van der Waals surface area contributed by atoms with E-state index in [1.54, 1.807) is 0 Å². The third-order valence-electron chi connectivity index (χ3n) is 10.7. The minimum absolute atomic E-state index is 0.134. The number of aromatic nitrogens is 1. The zero-order valence-electron chi connectivity index (χ0n) is 33.6. The Morgan fingerprint density at radius 2 is 1.05 bits per heavy atom. The average molecular weight is 707 g/mol. The molecule has 11 aromatic rings. The van der Waals surface area contributed by atoms with Crippen molar-refractivity contribution in [2.75, 3.05) is 4.90 Å². The van der Waals surface area contributed by atoms with Gasteiger partial charge in [-0.3, -0.25) is 0 Å². The molecule has 0 saturated carbocycles. The number of hydrogen-bond acceptors (Lipinski definition) is 2. The van der Waals surface area contributed by atoms with Crippen molar-refractivity contribution in [1.82, 2.24) is 4.57 Å². The van der Waals surface area contributed by atoms with E-state index in [-0.39, 0.29) is 35.5 Å². The molecule has 3 nitrogen and oxygen atoms in total. The Hall–Kier alpha value is -7.36. The van der Waals surface area contributed by atoms with Gasteiger partial charge in [-0.15, -0.1) is 0 Å². The molecule has 0 radical (unpaired) electrons. The summed E-state index contributed by atoms with van der Waals surface area (Å²) in [6.07, 6.45) is 0. The third-order valence-corrected chi connectivity index (χ3v) is 10.7. The Labute approximate surface area is 324 Å². The van der Waals surface area contributed by atoms with Crippen molar-refractivity contribution in [3.8, 4) is 27.9 Å². The maximum absolute atomic E-state index is 9.81. The molecule has 2 heterocycles. The van der Waals surface area contributed by atoms with Gasteiger partial charge in [-0.2, -0.15) is 0 Å². The highest BCUT2D eigenvalue weighted by Gasteiger charge is 2.21. The first kappa shape index (κ1) is 27.3. The van der Waals surface area contributed by atoms with Gasteiger partial charge in [-0.25, -0.2) is 0 Å². The van der Waals surface area contributed by atoms with Crippen LogP contribution in [-0.4, -0.2) is 4.57 Å². The first-order valence-electron chi connectivity index (χ1n) is 20.4. The molecule has 0 aliphatic carbocycles. The van der Waals surface area contributed by atoms with Crippen LogP contribution in [0.25, 0.3) is 82.5 Å². The number of benzene rings is 9. The molecule has 0 atom stereocenters. The van der Waals surface area contributed by atoms with E-state index in [9.17, 15) is 5.48 Å². The molecule has 0 unspecified atom stereocenters. The molecular weight excluding hydrogens is 669 g/mol. The van der Waals surface area contributed by atoms with Gasteiger partial charge in [0.2, 0.25) is 0 Å². The summed E-state index contributed by atoms with van der Waals surface area (Å²) in [5, 5.41) is 5.99. The van der Waals surface area contributed by atoms with Crippen LogP contribution >= 0.6 is 0 Å². The maximum Gasteiger partial charge on any atom is 0.143 e. The van der Waals surface area contributed by atoms with Crippen LogP contribution in [0.15, 0.2) is 211 Å². The molecule has 0 fully saturated rings. The second-order valence-electron chi connectivity index (χ2n) is 13.8. The van der Waals surface area contributed by atoms with Gasteiger partial charge >= 0.3 is 0 Å². The quantitative estimate of drug-likeness (QED) is 0.172. The largest absolute Gasteiger partial charge is 0.455 e. The summed E-state index contributed by atoms with van der Waals surface area (Å²) in [5.41, 5.74) is 8.82. The fourth-order valence-corrected chi connectivity index (χ4v) is 8.18. The Bertz CT molecular complexity index is 3360. The van der Waals surface area contributed by atoms with Crippen LogP contribution in [0.3, 0.4) is 0 Å². The van der Waals surface area contributed by atoms with E-state index in [1.165, 1.54) is 0 Å². The van der Waals surface area contributed by atoms with Gasteiger partial charge < -0.3 is 13.9 Å². The van der Waals surface area contributed by atoms with Crippen molar-refractivity contribution in [1.29, 1.82) is 0 Å². The molecule has 0 N–H and O–H groups in total. The predicted molar refractivity (Wildman–Crippen MR) is 231 cm³/mol. The molecule has 11 rings (SSSR count). The van der Waals surface area contributed by atoms with Crippen molar-refractivity contribution in [2.24, 2.45) is 0 Å². The predicted octanol–water partition coefficient (Wildman–Crippen LogP) is 14.6. The van der Waals surface area contributed by atoms with E-state index in [0.29, 0.717) is 11.4 Å². The standard InChI is InChI=1S/C52H34N2O/c1-2-13-35(14-3-1)36-25-28-38(29-26-36)53(39-30-32-40(33-31-39)54-48-22-9-4-16-41(48)42-17-5-10-23-49(42)54)47-21-8-6-18-43(47)45-20-12-15-37-27-34-46-44-19-7-11-24-50(44)55-52(46)51(37)45/h1-34H/i30D,31D,32D,33D. The van der Waals surface area contributed by atoms with E-state index in [0.717, 1.165) is 76.8 Å². The van der Waals surface area contributed by atoms with Crippen LogP contribution in [0.5, 0.6) is 0 Å². The Kier molecular flexibility index (Phi) is 6.27. The van der Waals surface area contributed by atoms with Gasteiger partial charge in [0, 0.05) is 49.6 Å². The second kappa shape index (κ2) is 12.6. The van der Waals surface area contributed by atoms with E-state index >= 15 is 0 Å². The number of fused-ring (bicyclic) bond motifs is 8. The molecule has 258 valence electrons. The van der Waals surface area contributed by atoms with E-state index < -0.39 is 0 Å². The summed E-state index contributed by atoms with van der Waals surface area (Å²) in [5.74, 6) is 0. The molecule has 0 bridgehead atoms. The number of hydrogen-bond donors (Lipinski definition) is 0.